The van der Waals surface area contributed by atoms with E-state index in [4.69, 9.17) is 0 Å². The van der Waals surface area contributed by atoms with Gasteiger partial charge >= 0.3 is 0 Å². The number of amides is 1. The second kappa shape index (κ2) is 6.60. The summed E-state index contributed by atoms with van der Waals surface area (Å²) in [5.74, 6) is 0.0821. The van der Waals surface area contributed by atoms with Gasteiger partial charge in [0.2, 0.25) is 0 Å². The monoisotopic (exact) mass is 372 g/mol. The fourth-order valence-corrected chi connectivity index (χ4v) is 4.31. The van der Waals surface area contributed by atoms with Crippen LogP contribution in [-0.2, 0) is 14.8 Å². The van der Waals surface area contributed by atoms with Gasteiger partial charge in [0, 0.05) is 25.8 Å². The van der Waals surface area contributed by atoms with Crippen molar-refractivity contribution in [2.45, 2.75) is 12.8 Å². The first-order valence-electron chi connectivity index (χ1n) is 8.66. The molecule has 3 aliphatic heterocycles. The van der Waals surface area contributed by atoms with Crippen LogP contribution in [0.15, 0.2) is 52.6 Å². The zero-order valence-electron chi connectivity index (χ0n) is 14.3. The van der Waals surface area contributed by atoms with E-state index in [9.17, 15) is 13.2 Å². The van der Waals surface area contributed by atoms with Crippen molar-refractivity contribution in [3.8, 4) is 0 Å². The first-order valence-corrected chi connectivity index (χ1v) is 10.3. The van der Waals surface area contributed by atoms with Crippen LogP contribution in [-0.4, -0.2) is 50.4 Å². The van der Waals surface area contributed by atoms with Crippen LogP contribution in [0.3, 0.4) is 0 Å². The predicted octanol–water partition coefficient (Wildman–Crippen LogP) is 1.72. The summed E-state index contributed by atoms with van der Waals surface area (Å²) in [6.07, 6.45) is 7.15. The van der Waals surface area contributed by atoms with Gasteiger partial charge in [0.05, 0.1) is 22.7 Å². The zero-order chi connectivity index (χ0) is 18.1. The van der Waals surface area contributed by atoms with Crippen molar-refractivity contribution in [3.05, 3.63) is 48.2 Å². The van der Waals surface area contributed by atoms with Crippen molar-refractivity contribution in [3.63, 3.8) is 0 Å². The molecule has 4 rings (SSSR count). The maximum Gasteiger partial charge on any atom is 0.257 e. The Morgan fingerprint density at radius 2 is 1.85 bits per heavy atom. The summed E-state index contributed by atoms with van der Waals surface area (Å²) in [5, 5.41) is 2.98. The summed E-state index contributed by atoms with van der Waals surface area (Å²) in [4.78, 5) is 16.7. The minimum absolute atomic E-state index is 0.0481. The molecular weight excluding hydrogens is 352 g/mol. The lowest BCUT2D eigenvalue weighted by Gasteiger charge is -2.27. The molecule has 3 aliphatic rings. The Kier molecular flexibility index (Phi) is 4.28. The summed E-state index contributed by atoms with van der Waals surface area (Å²) in [7, 11) is -3.39. The number of anilines is 2. The van der Waals surface area contributed by atoms with Crippen LogP contribution >= 0.6 is 0 Å². The molecular formula is C18H20N4O3S. The summed E-state index contributed by atoms with van der Waals surface area (Å²) in [6.45, 7) is 2.29. The molecule has 3 heterocycles. The number of carbonyl (C=O) groups is 1. The van der Waals surface area contributed by atoms with Gasteiger partial charge in [-0.2, -0.15) is 0 Å². The number of para-hydroxylation sites is 2. The largest absolute Gasteiger partial charge is 0.370 e. The van der Waals surface area contributed by atoms with Crippen molar-refractivity contribution in [2.24, 2.45) is 4.40 Å². The smallest absolute Gasteiger partial charge is 0.257 e. The average Bonchev–Trinajstić information content (AvgIpc) is 3.15. The van der Waals surface area contributed by atoms with Crippen LogP contribution in [0.2, 0.25) is 0 Å². The fraction of sp³-hybridized carbons (Fsp3) is 0.333. The third-order valence-corrected chi connectivity index (χ3v) is 5.85. The van der Waals surface area contributed by atoms with Crippen LogP contribution < -0.4 is 10.2 Å². The van der Waals surface area contributed by atoms with Crippen molar-refractivity contribution < 1.29 is 13.2 Å². The molecule has 1 amide bonds. The Morgan fingerprint density at radius 3 is 2.65 bits per heavy atom. The van der Waals surface area contributed by atoms with Gasteiger partial charge in [-0.25, -0.2) is 8.42 Å². The van der Waals surface area contributed by atoms with Gasteiger partial charge in [0.25, 0.3) is 15.9 Å². The van der Waals surface area contributed by atoms with E-state index >= 15 is 0 Å². The molecule has 26 heavy (non-hydrogen) atoms. The van der Waals surface area contributed by atoms with Crippen molar-refractivity contribution in [1.82, 2.24) is 4.90 Å². The van der Waals surface area contributed by atoms with E-state index in [-0.39, 0.29) is 11.7 Å². The van der Waals surface area contributed by atoms with E-state index in [1.165, 1.54) is 0 Å². The number of amidine groups is 1. The van der Waals surface area contributed by atoms with Gasteiger partial charge in [-0.3, -0.25) is 4.79 Å². The lowest BCUT2D eigenvalue weighted by molar-refractivity contribution is -0.112. The molecule has 136 valence electrons. The average molecular weight is 372 g/mol. The molecule has 0 atom stereocenters. The quantitative estimate of drug-likeness (QED) is 0.874. The number of nitrogens with one attached hydrogen (secondary N) is 1. The normalized spacial score (nSPS) is 21.1. The molecule has 0 aliphatic carbocycles. The van der Waals surface area contributed by atoms with Crippen LogP contribution in [0.1, 0.15) is 12.8 Å². The second-order valence-electron chi connectivity index (χ2n) is 6.51. The maximum absolute atomic E-state index is 12.7. The molecule has 8 heteroatoms. The number of fused-ring (bicyclic) bond motifs is 1. The molecule has 7 nitrogen and oxygen atoms in total. The highest BCUT2D eigenvalue weighted by molar-refractivity contribution is 7.90. The molecule has 0 aromatic heterocycles. The third kappa shape index (κ3) is 3.37. The van der Waals surface area contributed by atoms with Crippen LogP contribution in [0, 0.1) is 0 Å². The molecule has 1 N–H and O–H groups in total. The highest BCUT2D eigenvalue weighted by Gasteiger charge is 2.25. The van der Waals surface area contributed by atoms with E-state index in [1.807, 2.05) is 24.3 Å². The van der Waals surface area contributed by atoms with E-state index in [0.717, 1.165) is 37.3 Å². The number of rotatable bonds is 3. The Hall–Kier alpha value is -2.61. The summed E-state index contributed by atoms with van der Waals surface area (Å²) < 4.78 is 26.9. The maximum atomic E-state index is 12.7. The summed E-state index contributed by atoms with van der Waals surface area (Å²) in [6, 6.07) is 7.80. The number of benzene rings is 1. The Labute approximate surface area is 152 Å². The van der Waals surface area contributed by atoms with Gasteiger partial charge < -0.3 is 15.1 Å². The molecule has 1 saturated heterocycles. The van der Waals surface area contributed by atoms with Gasteiger partial charge in [0.15, 0.2) is 0 Å². The third-order valence-electron chi connectivity index (χ3n) is 4.69. The Balaban J connectivity index is 1.54. The molecule has 1 aromatic carbocycles. The van der Waals surface area contributed by atoms with Crippen LogP contribution in [0.5, 0.6) is 0 Å². The molecule has 0 unspecified atom stereocenters. The van der Waals surface area contributed by atoms with Gasteiger partial charge in [-0.1, -0.05) is 12.1 Å². The van der Waals surface area contributed by atoms with Crippen LogP contribution in [0.4, 0.5) is 11.4 Å². The molecule has 1 aromatic rings. The van der Waals surface area contributed by atoms with Gasteiger partial charge in [-0.05, 0) is 37.1 Å². The van der Waals surface area contributed by atoms with Crippen LogP contribution in [0.25, 0.3) is 0 Å². The number of sulfonamides is 1. The van der Waals surface area contributed by atoms with Crippen molar-refractivity contribution in [2.75, 3.05) is 35.6 Å². The molecule has 0 saturated carbocycles. The zero-order valence-corrected chi connectivity index (χ0v) is 15.1. The Bertz CT molecular complexity index is 928. The van der Waals surface area contributed by atoms with E-state index in [1.54, 1.807) is 23.3 Å². The lowest BCUT2D eigenvalue weighted by Crippen LogP contribution is -2.37. The SMILES string of the molecule is O=C(Nc1ccccc1N1CCCC1)C1=CN2CCS(=O)(=O)N=C2C=C1. The number of carbonyl (C=O) groups excluding carboxylic acids is 1. The molecule has 1 fully saturated rings. The standard InChI is InChI=1S/C18H20N4O3S/c23-18(14-7-8-17-20-26(24,25)12-11-22(17)13-14)19-15-5-1-2-6-16(15)21-9-3-4-10-21/h1-2,5-8,13H,3-4,9-12H2,(H,19,23). The number of hydrogen-bond donors (Lipinski definition) is 1. The van der Waals surface area contributed by atoms with E-state index in [2.05, 4.69) is 14.6 Å². The first-order chi connectivity index (χ1) is 12.5. The first kappa shape index (κ1) is 16.8. The molecule has 0 bridgehead atoms. The molecule has 0 spiro atoms. The van der Waals surface area contributed by atoms with Crippen molar-refractivity contribution in [1.29, 1.82) is 0 Å². The second-order valence-corrected chi connectivity index (χ2v) is 8.27. The topological polar surface area (TPSA) is 82.1 Å². The van der Waals surface area contributed by atoms with E-state index < -0.39 is 10.0 Å². The summed E-state index contributed by atoms with van der Waals surface area (Å²) in [5.41, 5.74) is 2.29. The van der Waals surface area contributed by atoms with Gasteiger partial charge in [0.1, 0.15) is 5.84 Å². The minimum atomic E-state index is -3.39. The van der Waals surface area contributed by atoms with Gasteiger partial charge in [-0.15, -0.1) is 4.40 Å². The lowest BCUT2D eigenvalue weighted by atomic mass is 10.1. The predicted molar refractivity (Wildman–Crippen MR) is 102 cm³/mol. The fourth-order valence-electron chi connectivity index (χ4n) is 3.34. The van der Waals surface area contributed by atoms with E-state index in [0.29, 0.717) is 18.0 Å². The highest BCUT2D eigenvalue weighted by atomic mass is 32.2. The molecule has 0 radical (unpaired) electrons. The minimum Gasteiger partial charge on any atom is -0.370 e. The number of nitrogens with zero attached hydrogens (tertiary/aromatic N) is 3. The van der Waals surface area contributed by atoms with Crippen molar-refractivity contribution >= 4 is 33.1 Å². The highest BCUT2D eigenvalue weighted by Crippen LogP contribution is 2.29. The Morgan fingerprint density at radius 1 is 1.08 bits per heavy atom. The summed E-state index contributed by atoms with van der Waals surface area (Å²) >= 11 is 0. The number of hydrogen-bond acceptors (Lipinski definition) is 5.